The minimum Gasteiger partial charge on any atom is -0.507 e. The molecule has 7 heteroatoms. The molecule has 0 aliphatic carbocycles. The van der Waals surface area contributed by atoms with Gasteiger partial charge in [-0.05, 0) is 65.4 Å². The summed E-state index contributed by atoms with van der Waals surface area (Å²) in [6, 6.07) is 15.5. The predicted octanol–water partition coefficient (Wildman–Crippen LogP) is 4.22. The molecule has 6 nitrogen and oxygen atoms in total. The van der Waals surface area contributed by atoms with Crippen LogP contribution in [0.4, 0.5) is 5.69 Å². The number of aryl methyl sites for hydroxylation is 1. The number of esters is 1. The van der Waals surface area contributed by atoms with Crippen LogP contribution in [-0.2, 0) is 9.53 Å². The van der Waals surface area contributed by atoms with E-state index >= 15 is 0 Å². The number of nitrogens with zero attached hydrogens (tertiary/aromatic N) is 1. The Morgan fingerprint density at radius 3 is 2.54 bits per heavy atom. The number of aromatic hydroxyl groups is 1. The number of thiocyanates is 1. The van der Waals surface area contributed by atoms with E-state index in [2.05, 4.69) is 5.32 Å². The Kier molecular flexibility index (Phi) is 5.82. The standard InChI is InChI=1S/C21H16N2O4S/c1-13-8-16(28-12-22)6-7-18(13)23-20(25)11-27-21(26)17-9-14-4-2-3-5-15(14)10-19(17)24/h2-10,24H,11H2,1H3,(H,23,25). The molecule has 3 rings (SSSR count). The van der Waals surface area contributed by atoms with Gasteiger partial charge in [0.05, 0.1) is 0 Å². The first-order valence-electron chi connectivity index (χ1n) is 8.33. The van der Waals surface area contributed by atoms with Crippen LogP contribution < -0.4 is 5.32 Å². The molecule has 0 bridgehead atoms. The van der Waals surface area contributed by atoms with E-state index in [0.717, 1.165) is 33.0 Å². The highest BCUT2D eigenvalue weighted by atomic mass is 32.2. The van der Waals surface area contributed by atoms with E-state index in [9.17, 15) is 14.7 Å². The normalized spacial score (nSPS) is 10.3. The summed E-state index contributed by atoms with van der Waals surface area (Å²) in [4.78, 5) is 25.1. The Labute approximate surface area is 165 Å². The lowest BCUT2D eigenvalue weighted by Crippen LogP contribution is -2.21. The van der Waals surface area contributed by atoms with Gasteiger partial charge in [0.15, 0.2) is 6.61 Å². The van der Waals surface area contributed by atoms with E-state index in [-0.39, 0.29) is 11.3 Å². The number of amides is 1. The van der Waals surface area contributed by atoms with E-state index < -0.39 is 18.5 Å². The maximum Gasteiger partial charge on any atom is 0.342 e. The van der Waals surface area contributed by atoms with Crippen molar-refractivity contribution in [3.8, 4) is 11.2 Å². The average Bonchev–Trinajstić information content (AvgIpc) is 2.68. The largest absolute Gasteiger partial charge is 0.507 e. The molecule has 140 valence electrons. The summed E-state index contributed by atoms with van der Waals surface area (Å²) in [7, 11) is 0. The molecule has 0 saturated carbocycles. The number of phenols is 1. The number of phenolic OH excluding ortho intramolecular Hbond substituents is 1. The summed E-state index contributed by atoms with van der Waals surface area (Å²) in [5, 5.41) is 25.0. The number of rotatable bonds is 5. The highest BCUT2D eigenvalue weighted by Crippen LogP contribution is 2.26. The zero-order valence-electron chi connectivity index (χ0n) is 14.9. The van der Waals surface area contributed by atoms with Crippen LogP contribution in [0.25, 0.3) is 10.8 Å². The molecule has 0 atom stereocenters. The Hall–Kier alpha value is -3.50. The van der Waals surface area contributed by atoms with E-state index in [1.165, 1.54) is 12.1 Å². The van der Waals surface area contributed by atoms with Crippen molar-refractivity contribution in [2.45, 2.75) is 11.8 Å². The number of carbonyl (C=O) groups excluding carboxylic acids is 2. The summed E-state index contributed by atoms with van der Waals surface area (Å²) in [5.41, 5.74) is 1.35. The quantitative estimate of drug-likeness (QED) is 0.383. The monoisotopic (exact) mass is 392 g/mol. The molecule has 0 aliphatic rings. The fraction of sp³-hybridized carbons (Fsp3) is 0.0952. The average molecular weight is 392 g/mol. The van der Waals surface area contributed by atoms with Crippen LogP contribution in [-0.4, -0.2) is 23.6 Å². The molecular formula is C21H16N2O4S. The molecule has 3 aromatic carbocycles. The topological polar surface area (TPSA) is 99.4 Å². The van der Waals surface area contributed by atoms with Crippen LogP contribution in [0.15, 0.2) is 59.5 Å². The van der Waals surface area contributed by atoms with E-state index in [1.54, 1.807) is 25.1 Å². The molecule has 0 spiro atoms. The first-order chi connectivity index (χ1) is 13.5. The minimum atomic E-state index is -0.782. The van der Waals surface area contributed by atoms with Crippen molar-refractivity contribution in [3.63, 3.8) is 0 Å². The van der Waals surface area contributed by atoms with Gasteiger partial charge in [-0.1, -0.05) is 24.3 Å². The molecule has 0 unspecified atom stereocenters. The molecule has 0 aliphatic heterocycles. The Morgan fingerprint density at radius 1 is 1.14 bits per heavy atom. The summed E-state index contributed by atoms with van der Waals surface area (Å²) in [6.07, 6.45) is 0. The molecule has 1 amide bonds. The summed E-state index contributed by atoms with van der Waals surface area (Å²) in [5.74, 6) is -1.49. The summed E-state index contributed by atoms with van der Waals surface area (Å²) >= 11 is 1.03. The lowest BCUT2D eigenvalue weighted by atomic mass is 10.1. The van der Waals surface area contributed by atoms with Crippen molar-refractivity contribution in [1.82, 2.24) is 0 Å². The second-order valence-electron chi connectivity index (χ2n) is 6.01. The number of ether oxygens (including phenoxy) is 1. The Balaban J connectivity index is 1.64. The number of nitriles is 1. The summed E-state index contributed by atoms with van der Waals surface area (Å²) in [6.45, 7) is 1.31. The highest BCUT2D eigenvalue weighted by Gasteiger charge is 2.16. The van der Waals surface area contributed by atoms with Crippen LogP contribution >= 0.6 is 11.8 Å². The number of nitrogens with one attached hydrogen (secondary N) is 1. The van der Waals surface area contributed by atoms with Gasteiger partial charge in [0.25, 0.3) is 5.91 Å². The van der Waals surface area contributed by atoms with Crippen molar-refractivity contribution < 1.29 is 19.4 Å². The van der Waals surface area contributed by atoms with Crippen LogP contribution in [0.5, 0.6) is 5.75 Å². The first-order valence-corrected chi connectivity index (χ1v) is 9.15. The molecule has 28 heavy (non-hydrogen) atoms. The number of fused-ring (bicyclic) bond motifs is 1. The highest BCUT2D eigenvalue weighted by molar-refractivity contribution is 8.03. The molecule has 2 N–H and O–H groups in total. The second-order valence-corrected chi connectivity index (χ2v) is 6.87. The van der Waals surface area contributed by atoms with Crippen LogP contribution in [0.1, 0.15) is 15.9 Å². The zero-order valence-corrected chi connectivity index (χ0v) is 15.7. The van der Waals surface area contributed by atoms with Crippen molar-refractivity contribution in [3.05, 3.63) is 65.7 Å². The maximum atomic E-state index is 12.3. The van der Waals surface area contributed by atoms with Gasteiger partial charge in [-0.2, -0.15) is 5.26 Å². The van der Waals surface area contributed by atoms with Crippen LogP contribution in [0.3, 0.4) is 0 Å². The van der Waals surface area contributed by atoms with Gasteiger partial charge in [0.1, 0.15) is 16.7 Å². The number of carbonyl (C=O) groups is 2. The molecule has 0 radical (unpaired) electrons. The van der Waals surface area contributed by atoms with E-state index in [0.29, 0.717) is 5.69 Å². The van der Waals surface area contributed by atoms with E-state index in [4.69, 9.17) is 10.00 Å². The Morgan fingerprint density at radius 2 is 1.86 bits per heavy atom. The third kappa shape index (κ3) is 4.42. The van der Waals surface area contributed by atoms with Crippen molar-refractivity contribution in [2.75, 3.05) is 11.9 Å². The number of anilines is 1. The van der Waals surface area contributed by atoms with Crippen molar-refractivity contribution in [2.24, 2.45) is 0 Å². The molecule has 0 aromatic heterocycles. The fourth-order valence-electron chi connectivity index (χ4n) is 2.68. The van der Waals surface area contributed by atoms with Crippen molar-refractivity contribution in [1.29, 1.82) is 5.26 Å². The first kappa shape index (κ1) is 19.3. The number of hydrogen-bond acceptors (Lipinski definition) is 6. The third-order valence-electron chi connectivity index (χ3n) is 4.05. The van der Waals surface area contributed by atoms with Gasteiger partial charge in [-0.25, -0.2) is 4.79 Å². The fourth-order valence-corrected chi connectivity index (χ4v) is 3.16. The third-order valence-corrected chi connectivity index (χ3v) is 4.63. The van der Waals surface area contributed by atoms with Gasteiger partial charge >= 0.3 is 5.97 Å². The van der Waals surface area contributed by atoms with Crippen LogP contribution in [0.2, 0.25) is 0 Å². The lowest BCUT2D eigenvalue weighted by Gasteiger charge is -2.10. The number of benzene rings is 3. The smallest absolute Gasteiger partial charge is 0.342 e. The van der Waals surface area contributed by atoms with Crippen molar-refractivity contribution >= 4 is 40.1 Å². The predicted molar refractivity (Wildman–Crippen MR) is 107 cm³/mol. The molecule has 0 heterocycles. The number of thioether (sulfide) groups is 1. The van der Waals surface area contributed by atoms with Gasteiger partial charge in [0.2, 0.25) is 0 Å². The maximum absolute atomic E-state index is 12.3. The van der Waals surface area contributed by atoms with Gasteiger partial charge in [0, 0.05) is 10.6 Å². The number of hydrogen-bond donors (Lipinski definition) is 2. The SMILES string of the molecule is Cc1cc(SC#N)ccc1NC(=O)COC(=O)c1cc2ccccc2cc1O. The molecular weight excluding hydrogens is 376 g/mol. The lowest BCUT2D eigenvalue weighted by molar-refractivity contribution is -0.119. The minimum absolute atomic E-state index is 0.000520. The second kappa shape index (κ2) is 8.46. The molecule has 0 fully saturated rings. The summed E-state index contributed by atoms with van der Waals surface area (Å²) < 4.78 is 5.04. The molecule has 3 aromatic rings. The van der Waals surface area contributed by atoms with Gasteiger partial charge < -0.3 is 15.2 Å². The molecule has 0 saturated heterocycles. The van der Waals surface area contributed by atoms with E-state index in [1.807, 2.05) is 29.7 Å². The Bertz CT molecular complexity index is 1110. The zero-order chi connectivity index (χ0) is 20.1. The van der Waals surface area contributed by atoms with Gasteiger partial charge in [-0.15, -0.1) is 0 Å². The van der Waals surface area contributed by atoms with Gasteiger partial charge in [-0.3, -0.25) is 4.79 Å². The van der Waals surface area contributed by atoms with Crippen LogP contribution in [0, 0.1) is 17.6 Å².